The van der Waals surface area contributed by atoms with E-state index in [0.717, 1.165) is 34.2 Å². The first-order valence-corrected chi connectivity index (χ1v) is 14.3. The molecule has 9 heteroatoms. The first-order valence-electron chi connectivity index (χ1n) is 12.0. The number of aromatic nitrogens is 1. The Kier molecular flexibility index (Phi) is 9.04. The number of likely N-dealkylation sites (N-methyl/N-ethyl adjacent to an activating group) is 1. The topological polar surface area (TPSA) is 73.8 Å². The van der Waals surface area contributed by atoms with Gasteiger partial charge in [-0.15, -0.1) is 0 Å². The fraction of sp³-hybridized carbons (Fsp3) is 0.462. The summed E-state index contributed by atoms with van der Waals surface area (Å²) in [6.07, 6.45) is 1.73. The van der Waals surface area contributed by atoms with Gasteiger partial charge in [0.15, 0.2) is 5.13 Å². The molecule has 0 saturated heterocycles. The maximum atomic E-state index is 13.6. The summed E-state index contributed by atoms with van der Waals surface area (Å²) in [7, 11) is 0.335. The number of amides is 1. The number of anilines is 1. The lowest BCUT2D eigenvalue weighted by molar-refractivity contribution is 0.0985. The van der Waals surface area contributed by atoms with E-state index in [0.29, 0.717) is 36.9 Å². The van der Waals surface area contributed by atoms with Crippen molar-refractivity contribution in [2.45, 2.75) is 45.4 Å². The molecule has 190 valence electrons. The first kappa shape index (κ1) is 27.3. The van der Waals surface area contributed by atoms with Crippen LogP contribution in [0.4, 0.5) is 5.13 Å². The van der Waals surface area contributed by atoms with Gasteiger partial charge in [-0.25, -0.2) is 13.4 Å². The lowest BCUT2D eigenvalue weighted by Crippen LogP contribution is -2.36. The van der Waals surface area contributed by atoms with Crippen LogP contribution in [0, 0.1) is 13.8 Å². The number of hydrogen-bond acceptors (Lipinski definition) is 6. The molecule has 1 heterocycles. The number of rotatable bonds is 11. The molecule has 0 unspecified atom stereocenters. The highest BCUT2D eigenvalue weighted by molar-refractivity contribution is 7.89. The standard InChI is InChI=1S/C26H36N4O3S2/c1-7-9-16-29(8-2)35(32,33)22-13-11-21(12-14-22)25(31)30(18-17-28(5)6)26-27-24-20(4)19(3)10-15-23(24)34-26/h10-15H,7-9,16-18H2,1-6H3. The third kappa shape index (κ3) is 6.09. The van der Waals surface area contributed by atoms with E-state index in [4.69, 9.17) is 4.98 Å². The normalized spacial score (nSPS) is 12.1. The van der Waals surface area contributed by atoms with E-state index < -0.39 is 10.0 Å². The van der Waals surface area contributed by atoms with E-state index in [1.165, 1.54) is 27.8 Å². The van der Waals surface area contributed by atoms with Crippen molar-refractivity contribution in [3.8, 4) is 0 Å². The van der Waals surface area contributed by atoms with Gasteiger partial charge in [0.1, 0.15) is 0 Å². The van der Waals surface area contributed by atoms with E-state index in [9.17, 15) is 13.2 Å². The summed E-state index contributed by atoms with van der Waals surface area (Å²) in [5.41, 5.74) is 3.63. The average molecular weight is 517 g/mol. The zero-order valence-corrected chi connectivity index (χ0v) is 23.2. The molecule has 3 aromatic rings. The fourth-order valence-corrected chi connectivity index (χ4v) is 6.31. The van der Waals surface area contributed by atoms with Gasteiger partial charge in [-0.2, -0.15) is 4.31 Å². The Morgan fingerprint density at radius 1 is 0.971 bits per heavy atom. The third-order valence-electron chi connectivity index (χ3n) is 6.17. The highest BCUT2D eigenvalue weighted by atomic mass is 32.2. The number of nitrogens with zero attached hydrogens (tertiary/aromatic N) is 4. The monoisotopic (exact) mass is 516 g/mol. The quantitative estimate of drug-likeness (QED) is 0.361. The Bertz CT molecular complexity index is 1270. The second-order valence-electron chi connectivity index (χ2n) is 8.99. The molecule has 2 aromatic carbocycles. The van der Waals surface area contributed by atoms with Crippen LogP contribution in [0.2, 0.25) is 0 Å². The van der Waals surface area contributed by atoms with Gasteiger partial charge >= 0.3 is 0 Å². The fourth-order valence-electron chi connectivity index (χ4n) is 3.77. The lowest BCUT2D eigenvalue weighted by Gasteiger charge is -2.23. The number of benzene rings is 2. The lowest BCUT2D eigenvalue weighted by atomic mass is 10.1. The Labute approximate surface area is 213 Å². The van der Waals surface area contributed by atoms with Gasteiger partial charge in [-0.3, -0.25) is 9.69 Å². The minimum Gasteiger partial charge on any atom is -0.308 e. The molecule has 0 atom stereocenters. The molecule has 0 radical (unpaired) electrons. The predicted molar refractivity (Wildman–Crippen MR) is 145 cm³/mol. The molecule has 0 saturated carbocycles. The Morgan fingerprint density at radius 3 is 2.26 bits per heavy atom. The largest absolute Gasteiger partial charge is 0.308 e. The summed E-state index contributed by atoms with van der Waals surface area (Å²) in [5.74, 6) is -0.192. The van der Waals surface area contributed by atoms with Crippen LogP contribution >= 0.6 is 11.3 Å². The molecule has 0 aliphatic heterocycles. The van der Waals surface area contributed by atoms with Gasteiger partial charge in [0, 0.05) is 31.7 Å². The third-order valence-corrected chi connectivity index (χ3v) is 9.21. The molecular weight excluding hydrogens is 480 g/mol. The van der Waals surface area contributed by atoms with Crippen molar-refractivity contribution in [3.63, 3.8) is 0 Å². The van der Waals surface area contributed by atoms with Crippen LogP contribution in [-0.2, 0) is 10.0 Å². The van der Waals surface area contributed by atoms with Crippen molar-refractivity contribution < 1.29 is 13.2 Å². The molecule has 7 nitrogen and oxygen atoms in total. The highest BCUT2D eigenvalue weighted by Crippen LogP contribution is 2.32. The molecule has 35 heavy (non-hydrogen) atoms. The van der Waals surface area contributed by atoms with Gasteiger partial charge in [0.2, 0.25) is 10.0 Å². The van der Waals surface area contributed by atoms with Crippen molar-refractivity contribution in [2.24, 2.45) is 0 Å². The van der Waals surface area contributed by atoms with Crippen LogP contribution in [0.5, 0.6) is 0 Å². The van der Waals surface area contributed by atoms with E-state index in [1.54, 1.807) is 17.0 Å². The number of carbonyl (C=O) groups is 1. The van der Waals surface area contributed by atoms with Gasteiger partial charge in [0.05, 0.1) is 15.1 Å². The summed E-state index contributed by atoms with van der Waals surface area (Å²) in [5, 5.41) is 0.647. The second kappa shape index (κ2) is 11.6. The highest BCUT2D eigenvalue weighted by Gasteiger charge is 2.25. The van der Waals surface area contributed by atoms with Gasteiger partial charge < -0.3 is 4.90 Å². The zero-order chi connectivity index (χ0) is 25.8. The number of sulfonamides is 1. The van der Waals surface area contributed by atoms with Gasteiger partial charge in [0.25, 0.3) is 5.91 Å². The Morgan fingerprint density at radius 2 is 1.66 bits per heavy atom. The maximum Gasteiger partial charge on any atom is 0.260 e. The van der Waals surface area contributed by atoms with Gasteiger partial charge in [-0.1, -0.05) is 37.7 Å². The zero-order valence-electron chi connectivity index (χ0n) is 21.5. The Balaban J connectivity index is 1.93. The van der Waals surface area contributed by atoms with Crippen molar-refractivity contribution in [3.05, 3.63) is 53.1 Å². The molecule has 0 spiro atoms. The van der Waals surface area contributed by atoms with Crippen molar-refractivity contribution >= 4 is 42.6 Å². The summed E-state index contributed by atoms with van der Waals surface area (Å²) >= 11 is 1.50. The summed E-state index contributed by atoms with van der Waals surface area (Å²) in [6, 6.07) is 10.4. The Hall–Kier alpha value is -2.33. The molecule has 3 rings (SSSR count). The maximum absolute atomic E-state index is 13.6. The van der Waals surface area contributed by atoms with Crippen LogP contribution in [0.25, 0.3) is 10.2 Å². The van der Waals surface area contributed by atoms with Crippen LogP contribution in [-0.4, -0.2) is 68.8 Å². The molecule has 0 bridgehead atoms. The number of fused-ring (bicyclic) bond motifs is 1. The van der Waals surface area contributed by atoms with E-state index in [-0.39, 0.29) is 10.8 Å². The summed E-state index contributed by atoms with van der Waals surface area (Å²) in [6.45, 7) is 10.0. The van der Waals surface area contributed by atoms with Crippen LogP contribution < -0.4 is 4.90 Å². The molecule has 0 aliphatic carbocycles. The SMILES string of the molecule is CCCCN(CC)S(=O)(=O)c1ccc(C(=O)N(CCN(C)C)c2nc3c(C)c(C)ccc3s2)cc1. The van der Waals surface area contributed by atoms with E-state index in [2.05, 4.69) is 13.0 Å². The molecule has 1 amide bonds. The predicted octanol–water partition coefficient (Wildman–Crippen LogP) is 4.93. The van der Waals surface area contributed by atoms with E-state index >= 15 is 0 Å². The first-order chi connectivity index (χ1) is 16.6. The molecule has 1 aromatic heterocycles. The minimum absolute atomic E-state index is 0.192. The smallest absolute Gasteiger partial charge is 0.260 e. The molecule has 0 aliphatic rings. The summed E-state index contributed by atoms with van der Waals surface area (Å²) < 4.78 is 28.6. The van der Waals surface area contributed by atoms with Crippen LogP contribution in [0.3, 0.4) is 0 Å². The minimum atomic E-state index is -3.59. The average Bonchev–Trinajstić information content (AvgIpc) is 3.26. The van der Waals surface area contributed by atoms with Crippen molar-refractivity contribution in [1.29, 1.82) is 0 Å². The number of carbonyl (C=O) groups excluding carboxylic acids is 1. The number of unbranched alkanes of at least 4 members (excludes halogenated alkanes) is 1. The van der Waals surface area contributed by atoms with Gasteiger partial charge in [-0.05, 0) is 75.8 Å². The number of hydrogen-bond donors (Lipinski definition) is 0. The second-order valence-corrected chi connectivity index (χ2v) is 11.9. The molecule has 0 fully saturated rings. The van der Waals surface area contributed by atoms with Crippen molar-refractivity contribution in [2.75, 3.05) is 45.2 Å². The van der Waals surface area contributed by atoms with Crippen LogP contribution in [0.1, 0.15) is 48.2 Å². The van der Waals surface area contributed by atoms with Crippen molar-refractivity contribution in [1.82, 2.24) is 14.2 Å². The number of aryl methyl sites for hydroxylation is 2. The van der Waals surface area contributed by atoms with Crippen LogP contribution in [0.15, 0.2) is 41.3 Å². The molecular formula is C26H36N4O3S2. The summed E-state index contributed by atoms with van der Waals surface area (Å²) in [4.78, 5) is 22.3. The molecule has 0 N–H and O–H groups in total. The number of thiazole rings is 1. The van der Waals surface area contributed by atoms with E-state index in [1.807, 2.05) is 45.8 Å².